The Hall–Kier alpha value is -2.57. The van der Waals surface area contributed by atoms with E-state index in [1.807, 2.05) is 19.1 Å². The van der Waals surface area contributed by atoms with Crippen LogP contribution in [0.4, 0.5) is 17.1 Å². The molecular formula is C24H32N4O2. The fourth-order valence-corrected chi connectivity index (χ4v) is 4.26. The number of rotatable bonds is 5. The molecule has 0 aromatic heterocycles. The Kier molecular flexibility index (Phi) is 6.55. The number of hydrogen-bond acceptors (Lipinski definition) is 5. The summed E-state index contributed by atoms with van der Waals surface area (Å²) >= 11 is 0. The van der Waals surface area contributed by atoms with E-state index in [1.54, 1.807) is 0 Å². The molecule has 2 aromatic carbocycles. The van der Waals surface area contributed by atoms with E-state index < -0.39 is 0 Å². The molecule has 160 valence electrons. The van der Waals surface area contributed by atoms with E-state index in [9.17, 15) is 4.79 Å². The molecule has 0 spiro atoms. The molecule has 6 nitrogen and oxygen atoms in total. The monoisotopic (exact) mass is 408 g/mol. The van der Waals surface area contributed by atoms with Crippen LogP contribution in [0.2, 0.25) is 0 Å². The molecule has 30 heavy (non-hydrogen) atoms. The summed E-state index contributed by atoms with van der Waals surface area (Å²) in [5.41, 5.74) is 4.63. The maximum atomic E-state index is 12.8. The highest BCUT2D eigenvalue weighted by Crippen LogP contribution is 2.22. The second-order valence-corrected chi connectivity index (χ2v) is 8.12. The highest BCUT2D eigenvalue weighted by atomic mass is 16.5. The number of hydrogen-bond donors (Lipinski definition) is 1. The summed E-state index contributed by atoms with van der Waals surface area (Å²) in [6.07, 6.45) is 0. The number of carbonyl (C=O) groups excluding carboxylic acids is 1. The largest absolute Gasteiger partial charge is 0.378 e. The van der Waals surface area contributed by atoms with Crippen molar-refractivity contribution in [1.29, 1.82) is 0 Å². The van der Waals surface area contributed by atoms with Crippen molar-refractivity contribution in [2.75, 3.05) is 67.6 Å². The van der Waals surface area contributed by atoms with Crippen molar-refractivity contribution in [2.45, 2.75) is 19.9 Å². The molecule has 2 aliphatic rings. The van der Waals surface area contributed by atoms with Gasteiger partial charge < -0.3 is 19.9 Å². The summed E-state index contributed by atoms with van der Waals surface area (Å²) in [6, 6.07) is 16.5. The van der Waals surface area contributed by atoms with Crippen molar-refractivity contribution in [3.63, 3.8) is 0 Å². The quantitative estimate of drug-likeness (QED) is 0.824. The molecule has 6 heteroatoms. The van der Waals surface area contributed by atoms with Crippen LogP contribution >= 0.6 is 0 Å². The molecule has 0 saturated carbocycles. The van der Waals surface area contributed by atoms with Crippen LogP contribution in [0, 0.1) is 6.92 Å². The molecule has 0 radical (unpaired) electrons. The van der Waals surface area contributed by atoms with Crippen molar-refractivity contribution in [3.8, 4) is 0 Å². The SMILES string of the molecule is Cc1ccccc1N1CCN([C@@H](C)C(=O)Nc2ccc(N3CCOCC3)cc2)CC1. The van der Waals surface area contributed by atoms with Crippen LogP contribution in [0.5, 0.6) is 0 Å². The van der Waals surface area contributed by atoms with Gasteiger partial charge in [0.05, 0.1) is 19.3 Å². The minimum atomic E-state index is -0.150. The fourth-order valence-electron chi connectivity index (χ4n) is 4.26. The third-order valence-corrected chi connectivity index (χ3v) is 6.21. The van der Waals surface area contributed by atoms with Gasteiger partial charge in [-0.2, -0.15) is 0 Å². The molecule has 4 rings (SSSR count). The predicted molar refractivity (Wildman–Crippen MR) is 123 cm³/mol. The van der Waals surface area contributed by atoms with E-state index in [2.05, 4.69) is 63.3 Å². The molecule has 2 saturated heterocycles. The van der Waals surface area contributed by atoms with Crippen molar-refractivity contribution in [2.24, 2.45) is 0 Å². The van der Waals surface area contributed by atoms with Crippen LogP contribution in [-0.4, -0.2) is 69.3 Å². The first-order valence-electron chi connectivity index (χ1n) is 10.9. The lowest BCUT2D eigenvalue weighted by atomic mass is 10.1. The van der Waals surface area contributed by atoms with Gasteiger partial charge in [0.25, 0.3) is 0 Å². The Bertz CT molecular complexity index is 841. The van der Waals surface area contributed by atoms with E-state index in [1.165, 1.54) is 16.9 Å². The van der Waals surface area contributed by atoms with Crippen LogP contribution in [0.25, 0.3) is 0 Å². The van der Waals surface area contributed by atoms with Crippen LogP contribution in [-0.2, 0) is 9.53 Å². The lowest BCUT2D eigenvalue weighted by molar-refractivity contribution is -0.120. The Morgan fingerprint density at radius 3 is 2.23 bits per heavy atom. The Balaban J connectivity index is 1.29. The lowest BCUT2D eigenvalue weighted by Gasteiger charge is -2.39. The lowest BCUT2D eigenvalue weighted by Crippen LogP contribution is -2.53. The number of aryl methyl sites for hydroxylation is 1. The van der Waals surface area contributed by atoms with Gasteiger partial charge in [-0.15, -0.1) is 0 Å². The number of piperazine rings is 1. The van der Waals surface area contributed by atoms with E-state index in [-0.39, 0.29) is 11.9 Å². The third kappa shape index (κ3) is 4.77. The van der Waals surface area contributed by atoms with Crippen molar-refractivity contribution in [3.05, 3.63) is 54.1 Å². The highest BCUT2D eigenvalue weighted by molar-refractivity contribution is 5.94. The van der Waals surface area contributed by atoms with Crippen molar-refractivity contribution < 1.29 is 9.53 Å². The predicted octanol–water partition coefficient (Wildman–Crippen LogP) is 2.98. The van der Waals surface area contributed by atoms with Gasteiger partial charge in [-0.05, 0) is 49.7 Å². The Morgan fingerprint density at radius 2 is 1.57 bits per heavy atom. The summed E-state index contributed by atoms with van der Waals surface area (Å²) < 4.78 is 5.41. The summed E-state index contributed by atoms with van der Waals surface area (Å²) in [5.74, 6) is 0.0541. The minimum absolute atomic E-state index is 0.0541. The summed E-state index contributed by atoms with van der Waals surface area (Å²) in [4.78, 5) is 19.8. The zero-order valence-electron chi connectivity index (χ0n) is 18.0. The average molecular weight is 409 g/mol. The number of benzene rings is 2. The zero-order valence-corrected chi connectivity index (χ0v) is 18.0. The second kappa shape index (κ2) is 9.49. The van der Waals surface area contributed by atoms with Gasteiger partial charge in [0.15, 0.2) is 0 Å². The smallest absolute Gasteiger partial charge is 0.241 e. The molecule has 0 bridgehead atoms. The zero-order chi connectivity index (χ0) is 20.9. The van der Waals surface area contributed by atoms with Crippen molar-refractivity contribution >= 4 is 23.0 Å². The Morgan fingerprint density at radius 1 is 0.900 bits per heavy atom. The molecule has 1 N–H and O–H groups in total. The van der Waals surface area contributed by atoms with Crippen molar-refractivity contribution in [1.82, 2.24) is 4.90 Å². The molecule has 2 aromatic rings. The summed E-state index contributed by atoms with van der Waals surface area (Å²) in [5, 5.41) is 3.08. The number of amides is 1. The van der Waals surface area contributed by atoms with Gasteiger partial charge in [0.2, 0.25) is 5.91 Å². The number of carbonyl (C=O) groups is 1. The number of anilines is 3. The van der Waals surface area contributed by atoms with Crippen LogP contribution < -0.4 is 15.1 Å². The first-order valence-corrected chi connectivity index (χ1v) is 10.9. The van der Waals surface area contributed by atoms with Gasteiger partial charge >= 0.3 is 0 Å². The number of morpholine rings is 1. The molecule has 0 unspecified atom stereocenters. The summed E-state index contributed by atoms with van der Waals surface area (Å²) in [6.45, 7) is 11.2. The van der Waals surface area contributed by atoms with Crippen LogP contribution in [0.3, 0.4) is 0 Å². The van der Waals surface area contributed by atoms with E-state index in [4.69, 9.17) is 4.74 Å². The highest BCUT2D eigenvalue weighted by Gasteiger charge is 2.26. The van der Waals surface area contributed by atoms with Gasteiger partial charge in [-0.3, -0.25) is 9.69 Å². The summed E-state index contributed by atoms with van der Waals surface area (Å²) in [7, 11) is 0. The number of nitrogens with one attached hydrogen (secondary N) is 1. The molecule has 2 aliphatic heterocycles. The first-order chi connectivity index (χ1) is 14.6. The average Bonchev–Trinajstić information content (AvgIpc) is 2.80. The molecule has 1 atom stereocenters. The van der Waals surface area contributed by atoms with Gasteiger partial charge in [0, 0.05) is 56.3 Å². The van der Waals surface area contributed by atoms with E-state index >= 15 is 0 Å². The third-order valence-electron chi connectivity index (χ3n) is 6.21. The maximum absolute atomic E-state index is 12.8. The first kappa shape index (κ1) is 20.7. The molecule has 2 fully saturated rings. The molecule has 2 heterocycles. The molecule has 1 amide bonds. The fraction of sp³-hybridized carbons (Fsp3) is 0.458. The van der Waals surface area contributed by atoms with E-state index in [0.29, 0.717) is 0 Å². The normalized spacial score (nSPS) is 18.9. The van der Waals surface area contributed by atoms with Crippen LogP contribution in [0.1, 0.15) is 12.5 Å². The maximum Gasteiger partial charge on any atom is 0.241 e. The second-order valence-electron chi connectivity index (χ2n) is 8.12. The van der Waals surface area contributed by atoms with E-state index in [0.717, 1.165) is 58.2 Å². The number of ether oxygens (including phenoxy) is 1. The Labute approximate surface area is 179 Å². The standard InChI is InChI=1S/C24H32N4O2/c1-19-5-3-4-6-23(19)28-13-11-26(12-14-28)20(2)24(29)25-21-7-9-22(10-8-21)27-15-17-30-18-16-27/h3-10,20H,11-18H2,1-2H3,(H,25,29)/t20-/m0/s1. The number of nitrogens with zero attached hydrogens (tertiary/aromatic N) is 3. The molecular weight excluding hydrogens is 376 g/mol. The number of para-hydroxylation sites is 1. The van der Waals surface area contributed by atoms with Gasteiger partial charge in [-0.1, -0.05) is 18.2 Å². The topological polar surface area (TPSA) is 48.0 Å². The van der Waals surface area contributed by atoms with Gasteiger partial charge in [0.1, 0.15) is 0 Å². The molecule has 0 aliphatic carbocycles. The van der Waals surface area contributed by atoms with Crippen LogP contribution in [0.15, 0.2) is 48.5 Å². The van der Waals surface area contributed by atoms with Gasteiger partial charge in [-0.25, -0.2) is 0 Å². The minimum Gasteiger partial charge on any atom is -0.378 e.